The van der Waals surface area contributed by atoms with Crippen LogP contribution in [0.2, 0.25) is 10.0 Å². The van der Waals surface area contributed by atoms with Crippen molar-refractivity contribution in [2.24, 2.45) is 0 Å². The van der Waals surface area contributed by atoms with Crippen LogP contribution in [-0.2, 0) is 0 Å². The Morgan fingerprint density at radius 3 is 1.93 bits per heavy atom. The Bertz CT molecular complexity index is 1150. The standard InChI is InChI=1S/C23H18Cl2N2O2/c1-28-20-7-3-5-15(9-20)22-14-23(16-6-4-8-21(10-16)29-2)27(26-22)19-12-17(24)11-18(25)13-19/h3-14H,1-2H3. The highest BCUT2D eigenvalue weighted by Gasteiger charge is 2.15. The number of halogens is 2. The van der Waals surface area contributed by atoms with E-state index in [0.29, 0.717) is 10.0 Å². The molecule has 6 heteroatoms. The molecule has 0 unspecified atom stereocenters. The van der Waals surface area contributed by atoms with Gasteiger partial charge in [0.1, 0.15) is 11.5 Å². The molecule has 0 fully saturated rings. The summed E-state index contributed by atoms with van der Waals surface area (Å²) in [6.45, 7) is 0. The Morgan fingerprint density at radius 2 is 1.31 bits per heavy atom. The van der Waals surface area contributed by atoms with Gasteiger partial charge in [-0.25, -0.2) is 4.68 Å². The van der Waals surface area contributed by atoms with Crippen LogP contribution >= 0.6 is 23.2 Å². The van der Waals surface area contributed by atoms with E-state index >= 15 is 0 Å². The predicted octanol–water partition coefficient (Wildman–Crippen LogP) is 6.53. The van der Waals surface area contributed by atoms with E-state index in [4.69, 9.17) is 37.8 Å². The summed E-state index contributed by atoms with van der Waals surface area (Å²) in [7, 11) is 3.29. The van der Waals surface area contributed by atoms with E-state index in [9.17, 15) is 0 Å². The van der Waals surface area contributed by atoms with Gasteiger partial charge < -0.3 is 9.47 Å². The van der Waals surface area contributed by atoms with Crippen molar-refractivity contribution in [2.75, 3.05) is 14.2 Å². The van der Waals surface area contributed by atoms with Gasteiger partial charge in [0.05, 0.1) is 31.3 Å². The predicted molar refractivity (Wildman–Crippen MR) is 118 cm³/mol. The maximum Gasteiger partial charge on any atom is 0.119 e. The summed E-state index contributed by atoms with van der Waals surface area (Å²) in [6, 6.07) is 23.0. The van der Waals surface area contributed by atoms with Crippen LogP contribution in [0.4, 0.5) is 0 Å². The number of ether oxygens (including phenoxy) is 2. The van der Waals surface area contributed by atoms with Crippen molar-refractivity contribution >= 4 is 23.2 Å². The molecule has 4 aromatic rings. The van der Waals surface area contributed by atoms with Crippen molar-refractivity contribution in [2.45, 2.75) is 0 Å². The molecular weight excluding hydrogens is 407 g/mol. The maximum absolute atomic E-state index is 6.25. The molecule has 0 bridgehead atoms. The number of hydrogen-bond acceptors (Lipinski definition) is 3. The highest BCUT2D eigenvalue weighted by molar-refractivity contribution is 6.34. The van der Waals surface area contributed by atoms with Crippen molar-refractivity contribution in [1.82, 2.24) is 9.78 Å². The number of methoxy groups -OCH3 is 2. The van der Waals surface area contributed by atoms with Gasteiger partial charge in [0.15, 0.2) is 0 Å². The van der Waals surface area contributed by atoms with E-state index < -0.39 is 0 Å². The zero-order valence-corrected chi connectivity index (χ0v) is 17.4. The fourth-order valence-corrected chi connectivity index (χ4v) is 3.67. The number of benzene rings is 3. The molecule has 0 saturated heterocycles. The Hall–Kier alpha value is -2.95. The molecule has 0 radical (unpaired) electrons. The minimum Gasteiger partial charge on any atom is -0.497 e. The molecule has 146 valence electrons. The first-order valence-corrected chi connectivity index (χ1v) is 9.68. The minimum absolute atomic E-state index is 0.544. The van der Waals surface area contributed by atoms with Crippen molar-refractivity contribution in [3.63, 3.8) is 0 Å². The molecule has 29 heavy (non-hydrogen) atoms. The first kappa shape index (κ1) is 19.4. The highest BCUT2D eigenvalue weighted by Crippen LogP contribution is 2.33. The summed E-state index contributed by atoms with van der Waals surface area (Å²) in [5, 5.41) is 5.93. The SMILES string of the molecule is COc1cccc(-c2cc(-c3cccc(OC)c3)n(-c3cc(Cl)cc(Cl)c3)n2)c1. The molecule has 4 nitrogen and oxygen atoms in total. The summed E-state index contributed by atoms with van der Waals surface area (Å²) in [6.07, 6.45) is 0. The monoisotopic (exact) mass is 424 g/mol. The summed E-state index contributed by atoms with van der Waals surface area (Å²) < 4.78 is 12.6. The van der Waals surface area contributed by atoms with Crippen molar-refractivity contribution in [1.29, 1.82) is 0 Å². The molecule has 0 N–H and O–H groups in total. The molecule has 0 aliphatic carbocycles. The molecule has 0 spiro atoms. The first-order chi connectivity index (χ1) is 14.1. The molecule has 3 aromatic carbocycles. The van der Waals surface area contributed by atoms with Crippen LogP contribution in [-0.4, -0.2) is 24.0 Å². The third-order valence-corrected chi connectivity index (χ3v) is 4.97. The van der Waals surface area contributed by atoms with Gasteiger partial charge in [0, 0.05) is 21.2 Å². The average molecular weight is 425 g/mol. The topological polar surface area (TPSA) is 36.3 Å². The summed E-state index contributed by atoms with van der Waals surface area (Å²) in [5.41, 5.74) is 4.37. The normalized spacial score (nSPS) is 10.8. The fraction of sp³-hybridized carbons (Fsp3) is 0.0870. The lowest BCUT2D eigenvalue weighted by Gasteiger charge is -2.10. The average Bonchev–Trinajstić information content (AvgIpc) is 3.19. The van der Waals surface area contributed by atoms with Gasteiger partial charge in [-0.15, -0.1) is 0 Å². The van der Waals surface area contributed by atoms with Crippen molar-refractivity contribution < 1.29 is 9.47 Å². The number of nitrogens with zero attached hydrogens (tertiary/aromatic N) is 2. The zero-order valence-electron chi connectivity index (χ0n) is 15.9. The highest BCUT2D eigenvalue weighted by atomic mass is 35.5. The largest absolute Gasteiger partial charge is 0.497 e. The van der Waals surface area contributed by atoms with Gasteiger partial charge in [-0.2, -0.15) is 5.10 Å². The van der Waals surface area contributed by atoms with Crippen LogP contribution in [0, 0.1) is 0 Å². The molecule has 0 atom stereocenters. The van der Waals surface area contributed by atoms with Crippen LogP contribution in [0.15, 0.2) is 72.8 Å². The number of rotatable bonds is 5. The number of aromatic nitrogens is 2. The molecular formula is C23H18Cl2N2O2. The summed E-state index contributed by atoms with van der Waals surface area (Å²) in [5.74, 6) is 1.54. The lowest BCUT2D eigenvalue weighted by atomic mass is 10.1. The quantitative estimate of drug-likeness (QED) is 0.365. The Kier molecular flexibility index (Phi) is 5.47. The van der Waals surface area contributed by atoms with E-state index in [-0.39, 0.29) is 0 Å². The molecule has 0 aliphatic heterocycles. The molecule has 0 saturated carbocycles. The minimum atomic E-state index is 0.544. The smallest absolute Gasteiger partial charge is 0.119 e. The second kappa shape index (κ2) is 8.19. The van der Waals surface area contributed by atoms with Gasteiger partial charge in [-0.1, -0.05) is 47.5 Å². The van der Waals surface area contributed by atoms with Gasteiger partial charge in [0.2, 0.25) is 0 Å². The van der Waals surface area contributed by atoms with E-state index in [1.807, 2.05) is 71.4 Å². The zero-order chi connectivity index (χ0) is 20.4. The van der Waals surface area contributed by atoms with Crippen LogP contribution in [0.3, 0.4) is 0 Å². The second-order valence-electron chi connectivity index (χ2n) is 6.42. The molecule has 0 aliphatic rings. The van der Waals surface area contributed by atoms with E-state index in [2.05, 4.69) is 0 Å². The molecule has 4 rings (SSSR count). The third kappa shape index (κ3) is 4.09. The van der Waals surface area contributed by atoms with E-state index in [1.165, 1.54) is 0 Å². The Labute approximate surface area is 179 Å². The molecule has 1 aromatic heterocycles. The Balaban J connectivity index is 1.93. The molecule has 1 heterocycles. The lowest BCUT2D eigenvalue weighted by Crippen LogP contribution is -1.99. The fourth-order valence-electron chi connectivity index (χ4n) is 3.15. The Morgan fingerprint density at radius 1 is 0.724 bits per heavy atom. The van der Waals surface area contributed by atoms with Crippen molar-refractivity contribution in [3.8, 4) is 39.7 Å². The number of hydrogen-bond donors (Lipinski definition) is 0. The van der Waals surface area contributed by atoms with Crippen LogP contribution < -0.4 is 9.47 Å². The second-order valence-corrected chi connectivity index (χ2v) is 7.29. The van der Waals surface area contributed by atoms with Gasteiger partial charge in [-0.3, -0.25) is 0 Å². The summed E-state index contributed by atoms with van der Waals surface area (Å²) in [4.78, 5) is 0. The van der Waals surface area contributed by atoms with Gasteiger partial charge in [-0.05, 0) is 48.5 Å². The van der Waals surface area contributed by atoms with Gasteiger partial charge in [0.25, 0.3) is 0 Å². The van der Waals surface area contributed by atoms with Crippen LogP contribution in [0.1, 0.15) is 0 Å². The summed E-state index contributed by atoms with van der Waals surface area (Å²) >= 11 is 12.5. The first-order valence-electron chi connectivity index (χ1n) is 8.93. The third-order valence-electron chi connectivity index (χ3n) is 4.53. The van der Waals surface area contributed by atoms with Crippen LogP contribution in [0.25, 0.3) is 28.2 Å². The van der Waals surface area contributed by atoms with Crippen LogP contribution in [0.5, 0.6) is 11.5 Å². The maximum atomic E-state index is 6.25. The lowest BCUT2D eigenvalue weighted by molar-refractivity contribution is 0.415. The van der Waals surface area contributed by atoms with Crippen molar-refractivity contribution in [3.05, 3.63) is 82.8 Å². The van der Waals surface area contributed by atoms with Gasteiger partial charge >= 0.3 is 0 Å². The molecule has 0 amide bonds. The van der Waals surface area contributed by atoms with E-state index in [0.717, 1.165) is 39.7 Å². The van der Waals surface area contributed by atoms with E-state index in [1.54, 1.807) is 20.3 Å².